The summed E-state index contributed by atoms with van der Waals surface area (Å²) in [6.07, 6.45) is 0.180. The van der Waals surface area contributed by atoms with Gasteiger partial charge in [0.15, 0.2) is 0 Å². The van der Waals surface area contributed by atoms with E-state index in [4.69, 9.17) is 4.74 Å². The van der Waals surface area contributed by atoms with Gasteiger partial charge in [-0.2, -0.15) is 0 Å². The Morgan fingerprint density at radius 2 is 1.54 bits per heavy atom. The van der Waals surface area contributed by atoms with E-state index >= 15 is 0 Å². The van der Waals surface area contributed by atoms with Gasteiger partial charge in [0.1, 0.15) is 5.75 Å². The fraction of sp³-hybridized carbons (Fsp3) is 0.176. The molecule has 3 N–H and O–H groups in total. The molecule has 0 aliphatic heterocycles. The molecule has 0 radical (unpaired) electrons. The van der Waals surface area contributed by atoms with Crippen molar-refractivity contribution in [2.75, 3.05) is 24.3 Å². The summed E-state index contributed by atoms with van der Waals surface area (Å²) in [4.78, 5) is 23.6. The van der Waals surface area contributed by atoms with Crippen LogP contribution in [0.15, 0.2) is 53.0 Å². The molecular formula is C17H18BrN3O3. The van der Waals surface area contributed by atoms with Gasteiger partial charge in [-0.1, -0.05) is 15.9 Å². The van der Waals surface area contributed by atoms with E-state index in [0.29, 0.717) is 11.4 Å². The van der Waals surface area contributed by atoms with Crippen LogP contribution in [0.5, 0.6) is 5.75 Å². The minimum atomic E-state index is -0.352. The van der Waals surface area contributed by atoms with Gasteiger partial charge in [0.2, 0.25) is 5.91 Å². The van der Waals surface area contributed by atoms with Gasteiger partial charge in [-0.05, 0) is 48.5 Å². The molecule has 0 heterocycles. The molecule has 0 bridgehead atoms. The van der Waals surface area contributed by atoms with Crippen LogP contribution in [0, 0.1) is 0 Å². The second-order valence-electron chi connectivity index (χ2n) is 4.91. The third-order valence-electron chi connectivity index (χ3n) is 3.11. The van der Waals surface area contributed by atoms with Crippen molar-refractivity contribution < 1.29 is 14.3 Å². The summed E-state index contributed by atoms with van der Waals surface area (Å²) in [5, 5.41) is 8.08. The van der Waals surface area contributed by atoms with Crippen molar-refractivity contribution in [3.8, 4) is 5.75 Å². The number of ether oxygens (including phenoxy) is 1. The molecule has 24 heavy (non-hydrogen) atoms. The zero-order chi connectivity index (χ0) is 17.4. The first-order valence-corrected chi connectivity index (χ1v) is 8.10. The number of halogens is 1. The van der Waals surface area contributed by atoms with E-state index in [9.17, 15) is 9.59 Å². The van der Waals surface area contributed by atoms with Crippen LogP contribution in [0.25, 0.3) is 0 Å². The number of carbonyl (C=O) groups excluding carboxylic acids is 2. The van der Waals surface area contributed by atoms with Gasteiger partial charge < -0.3 is 20.7 Å². The molecule has 0 unspecified atom stereocenters. The molecule has 2 aromatic rings. The molecule has 0 aromatic heterocycles. The van der Waals surface area contributed by atoms with Crippen molar-refractivity contribution in [2.45, 2.75) is 6.42 Å². The van der Waals surface area contributed by atoms with Crippen LogP contribution in [-0.4, -0.2) is 25.6 Å². The second-order valence-corrected chi connectivity index (χ2v) is 5.83. The zero-order valence-corrected chi connectivity index (χ0v) is 14.7. The highest BCUT2D eigenvalue weighted by atomic mass is 79.9. The maximum Gasteiger partial charge on any atom is 0.319 e. The molecule has 3 amide bonds. The molecule has 0 fully saturated rings. The zero-order valence-electron chi connectivity index (χ0n) is 13.1. The third-order valence-corrected chi connectivity index (χ3v) is 3.64. The predicted octanol–water partition coefficient (Wildman–Crippen LogP) is 3.61. The van der Waals surface area contributed by atoms with E-state index < -0.39 is 0 Å². The number of methoxy groups -OCH3 is 1. The average molecular weight is 392 g/mol. The molecule has 2 aromatic carbocycles. The fourth-order valence-electron chi connectivity index (χ4n) is 1.90. The van der Waals surface area contributed by atoms with Crippen LogP contribution < -0.4 is 20.7 Å². The Labute approximate surface area is 148 Å². The van der Waals surface area contributed by atoms with E-state index in [1.165, 1.54) is 0 Å². The van der Waals surface area contributed by atoms with Gasteiger partial charge in [0, 0.05) is 28.8 Å². The first kappa shape index (κ1) is 17.8. The second kappa shape index (κ2) is 8.93. The molecule has 0 atom stereocenters. The van der Waals surface area contributed by atoms with Gasteiger partial charge in [-0.3, -0.25) is 4.79 Å². The van der Waals surface area contributed by atoms with Crippen molar-refractivity contribution >= 4 is 39.2 Å². The van der Waals surface area contributed by atoms with Crippen LogP contribution in [0.4, 0.5) is 16.2 Å². The molecule has 2 rings (SSSR count). The fourth-order valence-corrected chi connectivity index (χ4v) is 2.16. The van der Waals surface area contributed by atoms with Gasteiger partial charge in [-0.25, -0.2) is 4.79 Å². The number of amides is 3. The molecule has 0 saturated heterocycles. The minimum absolute atomic E-state index is 0.177. The number of anilines is 2. The van der Waals surface area contributed by atoms with Crippen molar-refractivity contribution in [2.24, 2.45) is 0 Å². The van der Waals surface area contributed by atoms with E-state index in [1.54, 1.807) is 43.5 Å². The normalized spacial score (nSPS) is 9.92. The standard InChI is InChI=1S/C17H18BrN3O3/c1-24-15-8-6-13(7-9-15)20-16(22)10-11-19-17(23)21-14-4-2-12(18)3-5-14/h2-9H,10-11H2,1H3,(H,20,22)(H2,19,21,23). The van der Waals surface area contributed by atoms with Crippen molar-refractivity contribution in [3.05, 3.63) is 53.0 Å². The van der Waals surface area contributed by atoms with E-state index in [-0.39, 0.29) is 24.9 Å². The van der Waals surface area contributed by atoms with Gasteiger partial charge in [-0.15, -0.1) is 0 Å². The number of carbonyl (C=O) groups is 2. The molecular weight excluding hydrogens is 374 g/mol. The first-order valence-electron chi connectivity index (χ1n) is 7.31. The van der Waals surface area contributed by atoms with Crippen molar-refractivity contribution in [1.82, 2.24) is 5.32 Å². The lowest BCUT2D eigenvalue weighted by Gasteiger charge is -2.09. The first-order chi connectivity index (χ1) is 11.6. The van der Waals surface area contributed by atoms with Gasteiger partial charge in [0.05, 0.1) is 7.11 Å². The number of nitrogens with one attached hydrogen (secondary N) is 3. The van der Waals surface area contributed by atoms with Crippen molar-refractivity contribution in [1.29, 1.82) is 0 Å². The highest BCUT2D eigenvalue weighted by Crippen LogP contribution is 2.15. The molecule has 0 aliphatic carbocycles. The van der Waals surface area contributed by atoms with E-state index in [0.717, 1.165) is 10.2 Å². The maximum atomic E-state index is 11.8. The lowest BCUT2D eigenvalue weighted by molar-refractivity contribution is -0.116. The van der Waals surface area contributed by atoms with Crippen LogP contribution in [0.1, 0.15) is 6.42 Å². The lowest BCUT2D eigenvalue weighted by Crippen LogP contribution is -2.31. The Bertz CT molecular complexity index is 687. The van der Waals surface area contributed by atoms with Crippen LogP contribution in [0.2, 0.25) is 0 Å². The quantitative estimate of drug-likeness (QED) is 0.703. The Morgan fingerprint density at radius 3 is 2.17 bits per heavy atom. The summed E-state index contributed by atoms with van der Waals surface area (Å²) in [6.45, 7) is 0.240. The monoisotopic (exact) mass is 391 g/mol. The van der Waals surface area contributed by atoms with Crippen LogP contribution in [0.3, 0.4) is 0 Å². The summed E-state index contributed by atoms with van der Waals surface area (Å²) in [7, 11) is 1.58. The summed E-state index contributed by atoms with van der Waals surface area (Å²) < 4.78 is 5.98. The molecule has 6 nitrogen and oxygen atoms in total. The number of urea groups is 1. The van der Waals surface area contributed by atoms with Crippen molar-refractivity contribution in [3.63, 3.8) is 0 Å². The van der Waals surface area contributed by atoms with E-state index in [1.807, 2.05) is 12.1 Å². The molecule has 0 saturated carbocycles. The van der Waals surface area contributed by atoms with E-state index in [2.05, 4.69) is 31.9 Å². The summed E-state index contributed by atoms with van der Waals surface area (Å²) in [6, 6.07) is 13.9. The number of rotatable bonds is 6. The SMILES string of the molecule is COc1ccc(NC(=O)CCNC(=O)Nc2ccc(Br)cc2)cc1. The maximum absolute atomic E-state index is 11.8. The Balaban J connectivity index is 1.69. The summed E-state index contributed by atoms with van der Waals surface area (Å²) in [5.41, 5.74) is 1.36. The number of hydrogen-bond donors (Lipinski definition) is 3. The largest absolute Gasteiger partial charge is 0.497 e. The van der Waals surface area contributed by atoms with Crippen LogP contribution in [-0.2, 0) is 4.79 Å². The molecule has 0 spiro atoms. The molecule has 0 aliphatic rings. The Morgan fingerprint density at radius 1 is 0.958 bits per heavy atom. The minimum Gasteiger partial charge on any atom is -0.497 e. The highest BCUT2D eigenvalue weighted by molar-refractivity contribution is 9.10. The number of benzene rings is 2. The summed E-state index contributed by atoms with van der Waals surface area (Å²) in [5.74, 6) is 0.545. The highest BCUT2D eigenvalue weighted by Gasteiger charge is 2.05. The smallest absolute Gasteiger partial charge is 0.319 e. The van der Waals surface area contributed by atoms with Gasteiger partial charge in [0.25, 0.3) is 0 Å². The summed E-state index contributed by atoms with van der Waals surface area (Å²) >= 11 is 3.32. The lowest BCUT2D eigenvalue weighted by atomic mass is 10.3. The third kappa shape index (κ3) is 5.92. The number of hydrogen-bond acceptors (Lipinski definition) is 3. The molecule has 126 valence electrons. The Kier molecular flexibility index (Phi) is 6.62. The predicted molar refractivity (Wildman–Crippen MR) is 97.4 cm³/mol. The molecule has 7 heteroatoms. The van der Waals surface area contributed by atoms with Crippen LogP contribution >= 0.6 is 15.9 Å². The van der Waals surface area contributed by atoms with Gasteiger partial charge >= 0.3 is 6.03 Å². The average Bonchev–Trinajstić information content (AvgIpc) is 2.57. The topological polar surface area (TPSA) is 79.5 Å². The Hall–Kier alpha value is -2.54.